The van der Waals surface area contributed by atoms with Crippen LogP contribution in [-0.2, 0) is 12.8 Å². The number of hydrogen-bond acceptors (Lipinski definition) is 2. The third-order valence-electron chi connectivity index (χ3n) is 4.16. The van der Waals surface area contributed by atoms with Gasteiger partial charge in [0.05, 0.1) is 0 Å². The predicted molar refractivity (Wildman–Crippen MR) is 69.5 cm³/mol. The SMILES string of the molecule is CN1CNCC12CCc1cc(Br)ccc1C2. The molecule has 0 aromatic heterocycles. The lowest BCUT2D eigenvalue weighted by molar-refractivity contribution is 0.163. The van der Waals surface area contributed by atoms with Crippen LogP contribution in [0, 0.1) is 0 Å². The lowest BCUT2D eigenvalue weighted by atomic mass is 9.78. The molecular weight excluding hydrogens is 264 g/mol. The summed E-state index contributed by atoms with van der Waals surface area (Å²) in [6, 6.07) is 6.73. The highest BCUT2D eigenvalue weighted by molar-refractivity contribution is 9.10. The Morgan fingerprint density at radius 1 is 1.38 bits per heavy atom. The van der Waals surface area contributed by atoms with E-state index < -0.39 is 0 Å². The molecule has 16 heavy (non-hydrogen) atoms. The van der Waals surface area contributed by atoms with E-state index in [-0.39, 0.29) is 0 Å². The van der Waals surface area contributed by atoms with Gasteiger partial charge in [-0.1, -0.05) is 22.0 Å². The molecular formula is C13H17BrN2. The average molecular weight is 281 g/mol. The Bertz CT molecular complexity index is 418. The zero-order chi connectivity index (χ0) is 11.2. The second-order valence-electron chi connectivity index (χ2n) is 5.10. The molecule has 1 aliphatic carbocycles. The van der Waals surface area contributed by atoms with Crippen molar-refractivity contribution in [2.45, 2.75) is 24.8 Å². The third kappa shape index (κ3) is 1.62. The number of fused-ring (bicyclic) bond motifs is 1. The van der Waals surface area contributed by atoms with Gasteiger partial charge in [0.1, 0.15) is 0 Å². The number of nitrogens with one attached hydrogen (secondary N) is 1. The molecule has 1 saturated heterocycles. The molecule has 3 heteroatoms. The first-order chi connectivity index (χ1) is 7.70. The van der Waals surface area contributed by atoms with E-state index in [4.69, 9.17) is 0 Å². The predicted octanol–water partition coefficient (Wildman–Crippen LogP) is 2.17. The van der Waals surface area contributed by atoms with Crippen molar-refractivity contribution in [3.05, 3.63) is 33.8 Å². The molecule has 1 unspecified atom stereocenters. The molecule has 1 aromatic carbocycles. The number of halogens is 1. The van der Waals surface area contributed by atoms with Crippen LogP contribution in [0.5, 0.6) is 0 Å². The van der Waals surface area contributed by atoms with Gasteiger partial charge in [0.2, 0.25) is 0 Å². The highest BCUT2D eigenvalue weighted by Gasteiger charge is 2.40. The fraction of sp³-hybridized carbons (Fsp3) is 0.538. The van der Waals surface area contributed by atoms with E-state index in [0.717, 1.165) is 13.2 Å². The Hall–Kier alpha value is -0.380. The average Bonchev–Trinajstić information content (AvgIpc) is 2.61. The lowest BCUT2D eigenvalue weighted by Crippen LogP contribution is -2.48. The molecule has 0 radical (unpaired) electrons. The van der Waals surface area contributed by atoms with Gasteiger partial charge >= 0.3 is 0 Å². The van der Waals surface area contributed by atoms with Crippen molar-refractivity contribution in [1.82, 2.24) is 10.2 Å². The minimum atomic E-state index is 0.376. The number of aryl methyl sites for hydroxylation is 1. The standard InChI is InChI=1S/C13H17BrN2/c1-16-9-15-8-13(16)5-4-10-6-12(14)3-2-11(10)7-13/h2-3,6,15H,4-5,7-9H2,1H3. The van der Waals surface area contributed by atoms with Gasteiger partial charge in [0.15, 0.2) is 0 Å². The highest BCUT2D eigenvalue weighted by Crippen LogP contribution is 2.35. The maximum absolute atomic E-state index is 3.55. The first-order valence-corrected chi connectivity index (χ1v) is 6.68. The maximum Gasteiger partial charge on any atom is 0.0484 e. The van der Waals surface area contributed by atoms with Crippen LogP contribution in [0.3, 0.4) is 0 Å². The van der Waals surface area contributed by atoms with Crippen molar-refractivity contribution in [3.8, 4) is 0 Å². The summed E-state index contributed by atoms with van der Waals surface area (Å²) in [4.78, 5) is 2.48. The van der Waals surface area contributed by atoms with Crippen LogP contribution in [0.15, 0.2) is 22.7 Å². The highest BCUT2D eigenvalue weighted by atomic mass is 79.9. The molecule has 0 bridgehead atoms. The van der Waals surface area contributed by atoms with Crippen LogP contribution < -0.4 is 5.32 Å². The van der Waals surface area contributed by atoms with E-state index >= 15 is 0 Å². The minimum Gasteiger partial charge on any atom is -0.302 e. The van der Waals surface area contributed by atoms with E-state index in [1.54, 1.807) is 0 Å². The quantitative estimate of drug-likeness (QED) is 0.784. The molecule has 1 atom stereocenters. The Balaban J connectivity index is 1.94. The van der Waals surface area contributed by atoms with Crippen molar-refractivity contribution >= 4 is 15.9 Å². The zero-order valence-corrected chi connectivity index (χ0v) is 11.2. The largest absolute Gasteiger partial charge is 0.302 e. The Labute approximate surface area is 105 Å². The second-order valence-corrected chi connectivity index (χ2v) is 6.01. The molecule has 1 spiro atoms. The second kappa shape index (κ2) is 3.83. The molecule has 1 aromatic rings. The van der Waals surface area contributed by atoms with Crippen molar-refractivity contribution in [2.24, 2.45) is 0 Å². The molecule has 1 heterocycles. The summed E-state index contributed by atoms with van der Waals surface area (Å²) < 4.78 is 1.21. The summed E-state index contributed by atoms with van der Waals surface area (Å²) in [5.41, 5.74) is 3.44. The van der Waals surface area contributed by atoms with Crippen LogP contribution in [0.25, 0.3) is 0 Å². The molecule has 0 saturated carbocycles. The van der Waals surface area contributed by atoms with Crippen LogP contribution in [0.1, 0.15) is 17.5 Å². The summed E-state index contributed by atoms with van der Waals surface area (Å²) in [5.74, 6) is 0. The number of nitrogens with zero attached hydrogens (tertiary/aromatic N) is 1. The van der Waals surface area contributed by atoms with E-state index in [0.29, 0.717) is 5.54 Å². The maximum atomic E-state index is 3.55. The summed E-state index contributed by atoms with van der Waals surface area (Å²) in [6.45, 7) is 2.17. The van der Waals surface area contributed by atoms with Crippen LogP contribution >= 0.6 is 15.9 Å². The summed E-state index contributed by atoms with van der Waals surface area (Å²) >= 11 is 3.55. The Morgan fingerprint density at radius 3 is 3.00 bits per heavy atom. The van der Waals surface area contributed by atoms with E-state index in [1.807, 2.05) is 0 Å². The van der Waals surface area contributed by atoms with Crippen molar-refractivity contribution in [2.75, 3.05) is 20.3 Å². The van der Waals surface area contributed by atoms with E-state index in [9.17, 15) is 0 Å². The van der Waals surface area contributed by atoms with Gasteiger partial charge in [0, 0.05) is 23.2 Å². The van der Waals surface area contributed by atoms with Crippen molar-refractivity contribution in [1.29, 1.82) is 0 Å². The molecule has 1 aliphatic heterocycles. The van der Waals surface area contributed by atoms with Crippen LogP contribution in [0.4, 0.5) is 0 Å². The number of likely N-dealkylation sites (N-methyl/N-ethyl adjacent to an activating group) is 1. The third-order valence-corrected chi connectivity index (χ3v) is 4.65. The molecule has 2 nitrogen and oxygen atoms in total. The van der Waals surface area contributed by atoms with Gasteiger partial charge in [-0.3, -0.25) is 4.90 Å². The number of rotatable bonds is 0. The first-order valence-electron chi connectivity index (χ1n) is 5.89. The Morgan fingerprint density at radius 2 is 2.25 bits per heavy atom. The lowest BCUT2D eigenvalue weighted by Gasteiger charge is -2.39. The summed E-state index contributed by atoms with van der Waals surface area (Å²) in [5, 5.41) is 3.49. The van der Waals surface area contributed by atoms with Gasteiger partial charge in [-0.15, -0.1) is 0 Å². The van der Waals surface area contributed by atoms with Gasteiger partial charge in [-0.2, -0.15) is 0 Å². The fourth-order valence-corrected chi connectivity index (χ4v) is 3.45. The first kappa shape index (κ1) is 10.8. The van der Waals surface area contributed by atoms with Gasteiger partial charge in [0.25, 0.3) is 0 Å². The van der Waals surface area contributed by atoms with Crippen molar-refractivity contribution in [3.63, 3.8) is 0 Å². The van der Waals surface area contributed by atoms with Crippen LogP contribution in [-0.4, -0.2) is 30.7 Å². The van der Waals surface area contributed by atoms with E-state index in [1.165, 1.54) is 34.9 Å². The zero-order valence-electron chi connectivity index (χ0n) is 9.59. The van der Waals surface area contributed by atoms with Gasteiger partial charge < -0.3 is 5.32 Å². The smallest absolute Gasteiger partial charge is 0.0484 e. The molecule has 3 rings (SSSR count). The Kier molecular flexibility index (Phi) is 2.57. The molecule has 1 fully saturated rings. The van der Waals surface area contributed by atoms with Gasteiger partial charge in [-0.25, -0.2) is 0 Å². The number of benzene rings is 1. The van der Waals surface area contributed by atoms with Gasteiger partial charge in [-0.05, 0) is 49.6 Å². The van der Waals surface area contributed by atoms with E-state index in [2.05, 4.69) is 51.4 Å². The normalized spacial score (nSPS) is 29.6. The molecule has 1 N–H and O–H groups in total. The topological polar surface area (TPSA) is 15.3 Å². The fourth-order valence-electron chi connectivity index (χ4n) is 3.05. The molecule has 86 valence electrons. The minimum absolute atomic E-state index is 0.376. The van der Waals surface area contributed by atoms with Crippen molar-refractivity contribution < 1.29 is 0 Å². The van der Waals surface area contributed by atoms with Crippen LogP contribution in [0.2, 0.25) is 0 Å². The molecule has 2 aliphatic rings. The number of hydrogen-bond donors (Lipinski definition) is 1. The monoisotopic (exact) mass is 280 g/mol. The summed E-state index contributed by atoms with van der Waals surface area (Å²) in [6.07, 6.45) is 3.68. The molecule has 0 amide bonds. The summed E-state index contributed by atoms with van der Waals surface area (Å²) in [7, 11) is 2.24.